The molecule has 1 aliphatic rings. The molecule has 2 nitrogen and oxygen atoms in total. The van der Waals surface area contributed by atoms with Gasteiger partial charge in [0.25, 0.3) is 0 Å². The summed E-state index contributed by atoms with van der Waals surface area (Å²) in [7, 11) is 1.71. The zero-order chi connectivity index (χ0) is 14.8. The normalized spacial score (nSPS) is 17.2. The Morgan fingerprint density at radius 1 is 1.19 bits per heavy atom. The highest BCUT2D eigenvalue weighted by atomic mass is 79.9. The fourth-order valence-corrected chi connectivity index (χ4v) is 3.34. The molecule has 2 aromatic rings. The number of benzene rings is 2. The second-order valence-corrected chi connectivity index (χ2v) is 6.67. The van der Waals surface area contributed by atoms with E-state index in [1.54, 1.807) is 7.11 Å². The Kier molecular flexibility index (Phi) is 4.41. The van der Waals surface area contributed by atoms with Gasteiger partial charge in [0.1, 0.15) is 5.75 Å². The molecular formula is C17H17BrClNO. The number of methoxy groups -OCH3 is 1. The first-order chi connectivity index (χ1) is 10.2. The molecule has 3 rings (SSSR count). The SMILES string of the molecule is COc1ccc2c(c1)CC(Nc1cc(Br)ccc1Cl)CC2. The summed E-state index contributed by atoms with van der Waals surface area (Å²) in [5, 5.41) is 4.32. The number of hydrogen-bond acceptors (Lipinski definition) is 2. The van der Waals surface area contributed by atoms with Crippen LogP contribution >= 0.6 is 27.5 Å². The topological polar surface area (TPSA) is 21.3 Å². The van der Waals surface area contributed by atoms with E-state index >= 15 is 0 Å². The monoisotopic (exact) mass is 365 g/mol. The minimum atomic E-state index is 0.399. The Morgan fingerprint density at radius 3 is 2.86 bits per heavy atom. The Hall–Kier alpha value is -1.19. The predicted molar refractivity (Wildman–Crippen MR) is 91.6 cm³/mol. The van der Waals surface area contributed by atoms with E-state index in [1.807, 2.05) is 24.3 Å². The van der Waals surface area contributed by atoms with Crippen LogP contribution in [0, 0.1) is 0 Å². The largest absolute Gasteiger partial charge is 0.497 e. The van der Waals surface area contributed by atoms with E-state index in [2.05, 4.69) is 33.4 Å². The first-order valence-electron chi connectivity index (χ1n) is 7.03. The van der Waals surface area contributed by atoms with Gasteiger partial charge in [0.2, 0.25) is 0 Å². The van der Waals surface area contributed by atoms with Gasteiger partial charge in [-0.25, -0.2) is 0 Å². The fourth-order valence-electron chi connectivity index (χ4n) is 2.81. The van der Waals surface area contributed by atoms with Gasteiger partial charge in [0.05, 0.1) is 17.8 Å². The van der Waals surface area contributed by atoms with E-state index < -0.39 is 0 Å². The summed E-state index contributed by atoms with van der Waals surface area (Å²) in [5.74, 6) is 0.926. The van der Waals surface area contributed by atoms with Crippen LogP contribution in [-0.2, 0) is 12.8 Å². The number of ether oxygens (including phenoxy) is 1. The van der Waals surface area contributed by atoms with Gasteiger partial charge >= 0.3 is 0 Å². The highest BCUT2D eigenvalue weighted by Crippen LogP contribution is 2.30. The predicted octanol–water partition coefficient (Wildman–Crippen LogP) is 5.08. The van der Waals surface area contributed by atoms with Crippen molar-refractivity contribution in [3.8, 4) is 5.75 Å². The minimum Gasteiger partial charge on any atom is -0.497 e. The minimum absolute atomic E-state index is 0.399. The van der Waals surface area contributed by atoms with Gasteiger partial charge < -0.3 is 10.1 Å². The van der Waals surface area contributed by atoms with Crippen LogP contribution in [0.3, 0.4) is 0 Å². The van der Waals surface area contributed by atoms with Crippen LogP contribution in [0.2, 0.25) is 5.02 Å². The van der Waals surface area contributed by atoms with Crippen molar-refractivity contribution in [3.05, 3.63) is 57.0 Å². The zero-order valence-corrected chi connectivity index (χ0v) is 14.2. The Bertz CT molecular complexity index is 659. The molecule has 110 valence electrons. The van der Waals surface area contributed by atoms with Gasteiger partial charge in [-0.3, -0.25) is 0 Å². The molecule has 0 spiro atoms. The molecule has 0 fully saturated rings. The van der Waals surface area contributed by atoms with Crippen molar-refractivity contribution >= 4 is 33.2 Å². The third-order valence-corrected chi connectivity index (χ3v) is 4.75. The van der Waals surface area contributed by atoms with Crippen LogP contribution in [0.25, 0.3) is 0 Å². The standard InChI is InChI=1S/C17H17BrClNO/c1-21-15-6-3-11-2-5-14(8-12(11)9-15)20-17-10-13(18)4-7-16(17)19/h3-4,6-7,9-10,14,20H,2,5,8H2,1H3. The number of rotatable bonds is 3. The molecular weight excluding hydrogens is 350 g/mol. The van der Waals surface area contributed by atoms with Crippen molar-refractivity contribution in [3.63, 3.8) is 0 Å². The van der Waals surface area contributed by atoms with Gasteiger partial charge in [0.15, 0.2) is 0 Å². The molecule has 0 radical (unpaired) electrons. The number of nitrogens with one attached hydrogen (secondary N) is 1. The summed E-state index contributed by atoms with van der Waals surface area (Å²) >= 11 is 9.75. The Balaban J connectivity index is 1.78. The average molecular weight is 367 g/mol. The van der Waals surface area contributed by atoms with E-state index in [-0.39, 0.29) is 0 Å². The Labute approximate surface area is 138 Å². The molecule has 0 amide bonds. The van der Waals surface area contributed by atoms with Crippen molar-refractivity contribution in [2.75, 3.05) is 12.4 Å². The first-order valence-corrected chi connectivity index (χ1v) is 8.20. The molecule has 1 atom stereocenters. The third-order valence-electron chi connectivity index (χ3n) is 3.93. The quantitative estimate of drug-likeness (QED) is 0.818. The average Bonchev–Trinajstić information content (AvgIpc) is 2.50. The van der Waals surface area contributed by atoms with E-state index in [9.17, 15) is 0 Å². The van der Waals surface area contributed by atoms with Crippen LogP contribution in [0.15, 0.2) is 40.9 Å². The second-order valence-electron chi connectivity index (χ2n) is 5.34. The van der Waals surface area contributed by atoms with E-state index in [0.29, 0.717) is 6.04 Å². The van der Waals surface area contributed by atoms with Crippen molar-refractivity contribution < 1.29 is 4.74 Å². The molecule has 21 heavy (non-hydrogen) atoms. The van der Waals surface area contributed by atoms with Crippen molar-refractivity contribution in [2.45, 2.75) is 25.3 Å². The molecule has 0 aliphatic heterocycles. The highest BCUT2D eigenvalue weighted by molar-refractivity contribution is 9.10. The van der Waals surface area contributed by atoms with Gasteiger partial charge in [0, 0.05) is 10.5 Å². The molecule has 4 heteroatoms. The van der Waals surface area contributed by atoms with Crippen LogP contribution in [0.5, 0.6) is 5.75 Å². The molecule has 0 saturated carbocycles. The smallest absolute Gasteiger partial charge is 0.119 e. The zero-order valence-electron chi connectivity index (χ0n) is 11.8. The van der Waals surface area contributed by atoms with Gasteiger partial charge in [-0.2, -0.15) is 0 Å². The molecule has 1 unspecified atom stereocenters. The summed E-state index contributed by atoms with van der Waals surface area (Å²) in [6, 6.07) is 12.7. The molecule has 0 aromatic heterocycles. The van der Waals surface area contributed by atoms with Crippen molar-refractivity contribution in [2.24, 2.45) is 0 Å². The Morgan fingerprint density at radius 2 is 2.05 bits per heavy atom. The van der Waals surface area contributed by atoms with Gasteiger partial charge in [-0.05, 0) is 60.7 Å². The van der Waals surface area contributed by atoms with Crippen LogP contribution < -0.4 is 10.1 Å². The molecule has 0 bridgehead atoms. The maximum absolute atomic E-state index is 6.26. The molecule has 0 saturated heterocycles. The number of anilines is 1. The van der Waals surface area contributed by atoms with E-state index in [1.165, 1.54) is 11.1 Å². The van der Waals surface area contributed by atoms with Crippen LogP contribution in [-0.4, -0.2) is 13.2 Å². The van der Waals surface area contributed by atoms with Crippen LogP contribution in [0.1, 0.15) is 17.5 Å². The lowest BCUT2D eigenvalue weighted by Gasteiger charge is -2.27. The molecule has 1 aliphatic carbocycles. The third kappa shape index (κ3) is 3.35. The maximum atomic E-state index is 6.26. The van der Waals surface area contributed by atoms with E-state index in [4.69, 9.17) is 16.3 Å². The number of hydrogen-bond donors (Lipinski definition) is 1. The number of halogens is 2. The van der Waals surface area contributed by atoms with Crippen LogP contribution in [0.4, 0.5) is 5.69 Å². The second kappa shape index (κ2) is 6.29. The lowest BCUT2D eigenvalue weighted by Crippen LogP contribution is -2.27. The van der Waals surface area contributed by atoms with Crippen molar-refractivity contribution in [1.29, 1.82) is 0 Å². The summed E-state index contributed by atoms with van der Waals surface area (Å²) < 4.78 is 6.36. The summed E-state index contributed by atoms with van der Waals surface area (Å²) in [6.07, 6.45) is 3.19. The summed E-state index contributed by atoms with van der Waals surface area (Å²) in [4.78, 5) is 0. The van der Waals surface area contributed by atoms with Gasteiger partial charge in [-0.15, -0.1) is 0 Å². The number of fused-ring (bicyclic) bond motifs is 1. The lowest BCUT2D eigenvalue weighted by molar-refractivity contribution is 0.413. The maximum Gasteiger partial charge on any atom is 0.119 e. The van der Waals surface area contributed by atoms with Gasteiger partial charge in [-0.1, -0.05) is 33.6 Å². The van der Waals surface area contributed by atoms with Crippen molar-refractivity contribution in [1.82, 2.24) is 0 Å². The first kappa shape index (κ1) is 14.7. The highest BCUT2D eigenvalue weighted by Gasteiger charge is 2.19. The molecule has 1 N–H and O–H groups in total. The fraction of sp³-hybridized carbons (Fsp3) is 0.294. The number of aryl methyl sites for hydroxylation is 1. The molecule has 2 aromatic carbocycles. The summed E-state index contributed by atoms with van der Waals surface area (Å²) in [5.41, 5.74) is 3.78. The lowest BCUT2D eigenvalue weighted by atomic mass is 9.88. The summed E-state index contributed by atoms with van der Waals surface area (Å²) in [6.45, 7) is 0. The molecule has 0 heterocycles. The van der Waals surface area contributed by atoms with E-state index in [0.717, 1.165) is 40.2 Å².